The van der Waals surface area contributed by atoms with E-state index in [0.29, 0.717) is 6.04 Å². The molecule has 2 N–H and O–H groups in total. The molecule has 4 nitrogen and oxygen atoms in total. The molecule has 72 valence electrons. The Morgan fingerprint density at radius 3 is 2.25 bits per heavy atom. The lowest BCUT2D eigenvalue weighted by Gasteiger charge is -2.33. The molecular weight excluding hydrogens is 156 g/mol. The quantitative estimate of drug-likeness (QED) is 0.554. The number of hydrogen-bond donors (Lipinski definition) is 2. The second-order valence-electron chi connectivity index (χ2n) is 3.15. The van der Waals surface area contributed by atoms with Gasteiger partial charge < -0.3 is 20.1 Å². The zero-order chi connectivity index (χ0) is 8.97. The summed E-state index contributed by atoms with van der Waals surface area (Å²) in [5, 5.41) is 6.60. The van der Waals surface area contributed by atoms with Gasteiger partial charge in [-0.3, -0.25) is 0 Å². The van der Waals surface area contributed by atoms with Crippen LogP contribution in [0.2, 0.25) is 0 Å². The van der Waals surface area contributed by atoms with E-state index in [2.05, 4.69) is 17.6 Å². The van der Waals surface area contributed by atoms with E-state index >= 15 is 0 Å². The van der Waals surface area contributed by atoms with Crippen LogP contribution >= 0.6 is 0 Å². The van der Waals surface area contributed by atoms with Crippen molar-refractivity contribution in [3.8, 4) is 0 Å². The van der Waals surface area contributed by atoms with Crippen molar-refractivity contribution in [2.45, 2.75) is 25.3 Å². The lowest BCUT2D eigenvalue weighted by molar-refractivity contribution is -0.121. The van der Waals surface area contributed by atoms with Crippen molar-refractivity contribution in [3.63, 3.8) is 0 Å². The summed E-state index contributed by atoms with van der Waals surface area (Å²) in [5.74, 6) is 0. The van der Waals surface area contributed by atoms with Crippen LogP contribution in [-0.2, 0) is 9.47 Å². The van der Waals surface area contributed by atoms with Gasteiger partial charge in [0.1, 0.15) is 0 Å². The molecule has 1 heterocycles. The Kier molecular flexibility index (Phi) is 3.94. The van der Waals surface area contributed by atoms with Crippen LogP contribution in [0.1, 0.15) is 6.92 Å². The van der Waals surface area contributed by atoms with Crippen LogP contribution in [0.3, 0.4) is 0 Å². The second kappa shape index (κ2) is 4.77. The number of methoxy groups -OCH3 is 2. The molecule has 1 rings (SSSR count). The van der Waals surface area contributed by atoms with Crippen LogP contribution in [0, 0.1) is 0 Å². The van der Waals surface area contributed by atoms with Gasteiger partial charge in [0, 0.05) is 33.4 Å². The number of ether oxygens (including phenoxy) is 2. The third-order valence-corrected chi connectivity index (χ3v) is 2.15. The minimum atomic E-state index is -0.148. The minimum absolute atomic E-state index is 0.148. The normalized spacial score (nSPS) is 21.0. The van der Waals surface area contributed by atoms with E-state index in [1.807, 2.05) is 0 Å². The molecule has 0 bridgehead atoms. The Hall–Kier alpha value is -0.160. The first-order chi connectivity index (χ1) is 5.77. The Balaban J connectivity index is 2.19. The van der Waals surface area contributed by atoms with Crippen molar-refractivity contribution in [2.24, 2.45) is 0 Å². The average molecular weight is 174 g/mol. The van der Waals surface area contributed by atoms with E-state index in [1.165, 1.54) is 0 Å². The average Bonchev–Trinajstić information content (AvgIpc) is 1.99. The van der Waals surface area contributed by atoms with E-state index in [-0.39, 0.29) is 12.3 Å². The molecule has 0 aromatic rings. The van der Waals surface area contributed by atoms with Crippen molar-refractivity contribution in [1.82, 2.24) is 10.6 Å². The largest absolute Gasteiger partial charge is 0.354 e. The predicted molar refractivity (Wildman–Crippen MR) is 47.1 cm³/mol. The van der Waals surface area contributed by atoms with Gasteiger partial charge in [-0.1, -0.05) is 0 Å². The Morgan fingerprint density at radius 1 is 1.33 bits per heavy atom. The van der Waals surface area contributed by atoms with E-state index in [9.17, 15) is 0 Å². The van der Waals surface area contributed by atoms with Gasteiger partial charge in [0.2, 0.25) is 0 Å². The van der Waals surface area contributed by atoms with Crippen molar-refractivity contribution >= 4 is 0 Å². The molecule has 1 fully saturated rings. The summed E-state index contributed by atoms with van der Waals surface area (Å²) in [5.41, 5.74) is 0. The van der Waals surface area contributed by atoms with Crippen LogP contribution < -0.4 is 10.6 Å². The van der Waals surface area contributed by atoms with Crippen LogP contribution in [0.4, 0.5) is 0 Å². The van der Waals surface area contributed by atoms with Gasteiger partial charge in [0.05, 0.1) is 6.04 Å². The molecule has 0 radical (unpaired) electrons. The highest BCUT2D eigenvalue weighted by molar-refractivity contribution is 4.84. The zero-order valence-corrected chi connectivity index (χ0v) is 7.96. The molecule has 4 heteroatoms. The summed E-state index contributed by atoms with van der Waals surface area (Å²) < 4.78 is 10.3. The van der Waals surface area contributed by atoms with Crippen LogP contribution in [-0.4, -0.2) is 45.7 Å². The monoisotopic (exact) mass is 174 g/mol. The van der Waals surface area contributed by atoms with Crippen LogP contribution in [0.15, 0.2) is 0 Å². The minimum Gasteiger partial charge on any atom is -0.354 e. The van der Waals surface area contributed by atoms with Gasteiger partial charge in [0.15, 0.2) is 6.29 Å². The maximum Gasteiger partial charge on any atom is 0.171 e. The van der Waals surface area contributed by atoms with Crippen LogP contribution in [0.5, 0.6) is 0 Å². The molecule has 0 spiro atoms. The fourth-order valence-corrected chi connectivity index (χ4v) is 1.36. The second-order valence-corrected chi connectivity index (χ2v) is 3.15. The van der Waals surface area contributed by atoms with Gasteiger partial charge in [-0.15, -0.1) is 0 Å². The maximum atomic E-state index is 5.13. The van der Waals surface area contributed by atoms with Crippen molar-refractivity contribution in [1.29, 1.82) is 0 Å². The Bertz CT molecular complexity index is 124. The van der Waals surface area contributed by atoms with Crippen LogP contribution in [0.25, 0.3) is 0 Å². The molecular formula is C8H18N2O2. The molecule has 12 heavy (non-hydrogen) atoms. The maximum absolute atomic E-state index is 5.13. The Labute approximate surface area is 73.6 Å². The standard InChI is InChI=1S/C8H18N2O2/c1-6(8(11-2)12-3)10-7-4-9-5-7/h6-10H,4-5H2,1-3H3. The fraction of sp³-hybridized carbons (Fsp3) is 1.00. The molecule has 0 amide bonds. The highest BCUT2D eigenvalue weighted by Crippen LogP contribution is 2.01. The molecule has 1 aliphatic rings. The Morgan fingerprint density at radius 2 is 1.92 bits per heavy atom. The number of rotatable bonds is 5. The summed E-state index contributed by atoms with van der Waals surface area (Å²) in [6.45, 7) is 4.16. The van der Waals surface area contributed by atoms with E-state index in [4.69, 9.17) is 9.47 Å². The van der Waals surface area contributed by atoms with Crippen molar-refractivity contribution < 1.29 is 9.47 Å². The van der Waals surface area contributed by atoms with E-state index in [0.717, 1.165) is 13.1 Å². The summed E-state index contributed by atoms with van der Waals surface area (Å²) >= 11 is 0. The number of hydrogen-bond acceptors (Lipinski definition) is 4. The summed E-state index contributed by atoms with van der Waals surface area (Å²) in [7, 11) is 3.32. The molecule has 1 unspecified atom stereocenters. The molecule has 1 atom stereocenters. The van der Waals surface area contributed by atoms with Gasteiger partial charge in [-0.2, -0.15) is 0 Å². The van der Waals surface area contributed by atoms with E-state index in [1.54, 1.807) is 14.2 Å². The SMILES string of the molecule is COC(OC)C(C)NC1CNC1. The zero-order valence-electron chi connectivity index (χ0n) is 7.96. The third-order valence-electron chi connectivity index (χ3n) is 2.15. The molecule has 0 saturated carbocycles. The topological polar surface area (TPSA) is 42.5 Å². The fourth-order valence-electron chi connectivity index (χ4n) is 1.36. The molecule has 0 aromatic heterocycles. The molecule has 0 aliphatic carbocycles. The van der Waals surface area contributed by atoms with Gasteiger partial charge >= 0.3 is 0 Å². The number of nitrogens with one attached hydrogen (secondary N) is 2. The highest BCUT2D eigenvalue weighted by Gasteiger charge is 2.23. The first-order valence-electron chi connectivity index (χ1n) is 4.30. The van der Waals surface area contributed by atoms with Crippen molar-refractivity contribution in [3.05, 3.63) is 0 Å². The first kappa shape index (κ1) is 9.92. The lowest BCUT2D eigenvalue weighted by Crippen LogP contribution is -2.59. The van der Waals surface area contributed by atoms with Gasteiger partial charge in [-0.05, 0) is 6.92 Å². The molecule has 0 aromatic carbocycles. The first-order valence-corrected chi connectivity index (χ1v) is 4.30. The summed E-state index contributed by atoms with van der Waals surface area (Å²) in [4.78, 5) is 0. The van der Waals surface area contributed by atoms with Gasteiger partial charge in [0.25, 0.3) is 0 Å². The van der Waals surface area contributed by atoms with E-state index < -0.39 is 0 Å². The molecule has 1 saturated heterocycles. The van der Waals surface area contributed by atoms with Gasteiger partial charge in [-0.25, -0.2) is 0 Å². The smallest absolute Gasteiger partial charge is 0.171 e. The predicted octanol–water partition coefficient (Wildman–Crippen LogP) is -0.445. The van der Waals surface area contributed by atoms with Crippen molar-refractivity contribution in [2.75, 3.05) is 27.3 Å². The summed E-state index contributed by atoms with van der Waals surface area (Å²) in [6.07, 6.45) is -0.148. The summed E-state index contributed by atoms with van der Waals surface area (Å²) in [6, 6.07) is 0.819. The third kappa shape index (κ3) is 2.42. The highest BCUT2D eigenvalue weighted by atomic mass is 16.7. The molecule has 1 aliphatic heterocycles. The lowest BCUT2D eigenvalue weighted by atomic mass is 10.1.